The number of para-hydroxylation sites is 1. The van der Waals surface area contributed by atoms with Crippen LogP contribution in [0.25, 0.3) is 0 Å². The molecule has 1 aliphatic rings. The first-order chi connectivity index (χ1) is 11.2. The summed E-state index contributed by atoms with van der Waals surface area (Å²) in [6, 6.07) is 9.64. The molecule has 0 aliphatic carbocycles. The summed E-state index contributed by atoms with van der Waals surface area (Å²) in [5, 5.41) is 7.18. The molecular formula is C17H21N3O3. The van der Waals surface area contributed by atoms with E-state index < -0.39 is 6.10 Å². The summed E-state index contributed by atoms with van der Waals surface area (Å²) in [5.41, 5.74) is 0.685. The number of carbonyl (C=O) groups is 1. The first-order valence-electron chi connectivity index (χ1n) is 7.87. The Hall–Kier alpha value is -2.34. The number of carbonyl (C=O) groups excluding carboxylic acids is 1. The van der Waals surface area contributed by atoms with Crippen molar-refractivity contribution in [3.05, 3.63) is 42.7 Å². The van der Waals surface area contributed by atoms with Crippen LogP contribution in [0.2, 0.25) is 0 Å². The van der Waals surface area contributed by atoms with Gasteiger partial charge in [0.1, 0.15) is 5.75 Å². The van der Waals surface area contributed by atoms with Crippen molar-refractivity contribution in [2.45, 2.75) is 31.9 Å². The number of ether oxygens (including phenoxy) is 2. The van der Waals surface area contributed by atoms with Crippen molar-refractivity contribution in [1.82, 2.24) is 9.78 Å². The minimum atomic E-state index is -0.580. The average molecular weight is 315 g/mol. The summed E-state index contributed by atoms with van der Waals surface area (Å²) < 4.78 is 12.9. The number of aromatic nitrogens is 2. The van der Waals surface area contributed by atoms with Crippen LogP contribution in [0.4, 0.5) is 5.69 Å². The van der Waals surface area contributed by atoms with Gasteiger partial charge in [-0.05, 0) is 31.9 Å². The molecule has 2 heterocycles. The monoisotopic (exact) mass is 315 g/mol. The number of hydrogen-bond donors (Lipinski definition) is 1. The highest BCUT2D eigenvalue weighted by atomic mass is 16.5. The van der Waals surface area contributed by atoms with Crippen molar-refractivity contribution < 1.29 is 14.3 Å². The van der Waals surface area contributed by atoms with Crippen molar-refractivity contribution in [2.75, 3.05) is 18.5 Å². The van der Waals surface area contributed by atoms with E-state index in [2.05, 4.69) is 10.4 Å². The molecule has 1 saturated heterocycles. The summed E-state index contributed by atoms with van der Waals surface area (Å²) in [6.45, 7) is 3.24. The standard InChI is InChI=1S/C17H21N3O3/c1-13(23-16-5-3-2-4-6-16)17(21)19-14-11-18-20(12-14)15-7-9-22-10-8-15/h2-6,11-13,15H,7-10H2,1H3,(H,19,21)/t13-/m1/s1. The summed E-state index contributed by atoms with van der Waals surface area (Å²) in [4.78, 5) is 12.2. The highest BCUT2D eigenvalue weighted by Gasteiger charge is 2.19. The van der Waals surface area contributed by atoms with E-state index in [4.69, 9.17) is 9.47 Å². The molecule has 23 heavy (non-hydrogen) atoms. The Morgan fingerprint density at radius 1 is 1.35 bits per heavy atom. The topological polar surface area (TPSA) is 65.4 Å². The molecule has 1 aromatic heterocycles. The Balaban J connectivity index is 1.56. The Bertz CT molecular complexity index is 636. The molecular weight excluding hydrogens is 294 g/mol. The van der Waals surface area contributed by atoms with Crippen LogP contribution in [-0.4, -0.2) is 35.0 Å². The third-order valence-corrected chi connectivity index (χ3v) is 3.86. The molecule has 1 amide bonds. The van der Waals surface area contributed by atoms with E-state index in [-0.39, 0.29) is 5.91 Å². The van der Waals surface area contributed by atoms with Gasteiger partial charge in [-0.1, -0.05) is 18.2 Å². The predicted molar refractivity (Wildman–Crippen MR) is 86.5 cm³/mol. The van der Waals surface area contributed by atoms with Crippen molar-refractivity contribution in [2.24, 2.45) is 0 Å². The van der Waals surface area contributed by atoms with Gasteiger partial charge in [0.05, 0.1) is 17.9 Å². The minimum Gasteiger partial charge on any atom is -0.481 e. The fraction of sp³-hybridized carbons (Fsp3) is 0.412. The molecule has 1 fully saturated rings. The van der Waals surface area contributed by atoms with E-state index in [0.29, 0.717) is 17.5 Å². The molecule has 6 heteroatoms. The van der Waals surface area contributed by atoms with Crippen LogP contribution in [0, 0.1) is 0 Å². The Morgan fingerprint density at radius 2 is 2.09 bits per heavy atom. The average Bonchev–Trinajstić information content (AvgIpc) is 3.05. The molecule has 1 aromatic carbocycles. The maximum atomic E-state index is 12.2. The lowest BCUT2D eigenvalue weighted by molar-refractivity contribution is -0.122. The van der Waals surface area contributed by atoms with Gasteiger partial charge in [-0.25, -0.2) is 0 Å². The molecule has 122 valence electrons. The quantitative estimate of drug-likeness (QED) is 0.921. The molecule has 1 atom stereocenters. The van der Waals surface area contributed by atoms with Gasteiger partial charge in [0, 0.05) is 19.4 Å². The van der Waals surface area contributed by atoms with Gasteiger partial charge >= 0.3 is 0 Å². The highest BCUT2D eigenvalue weighted by Crippen LogP contribution is 2.21. The van der Waals surface area contributed by atoms with E-state index in [9.17, 15) is 4.79 Å². The maximum Gasteiger partial charge on any atom is 0.265 e. The number of nitrogens with zero attached hydrogens (tertiary/aromatic N) is 2. The third-order valence-electron chi connectivity index (χ3n) is 3.86. The smallest absolute Gasteiger partial charge is 0.265 e. The van der Waals surface area contributed by atoms with Crippen LogP contribution in [0.5, 0.6) is 5.75 Å². The minimum absolute atomic E-state index is 0.194. The highest BCUT2D eigenvalue weighted by molar-refractivity contribution is 5.93. The summed E-state index contributed by atoms with van der Waals surface area (Å²) in [5.74, 6) is 0.480. The van der Waals surface area contributed by atoms with E-state index >= 15 is 0 Å². The normalized spacial score (nSPS) is 16.7. The van der Waals surface area contributed by atoms with Gasteiger partial charge in [0.15, 0.2) is 6.10 Å². The summed E-state index contributed by atoms with van der Waals surface area (Å²) >= 11 is 0. The number of benzene rings is 1. The zero-order chi connectivity index (χ0) is 16.1. The second kappa shape index (κ2) is 7.28. The van der Waals surface area contributed by atoms with Gasteiger partial charge in [-0.3, -0.25) is 9.48 Å². The number of hydrogen-bond acceptors (Lipinski definition) is 4. The predicted octanol–water partition coefficient (Wildman–Crippen LogP) is 2.64. The molecule has 6 nitrogen and oxygen atoms in total. The van der Waals surface area contributed by atoms with Gasteiger partial charge < -0.3 is 14.8 Å². The maximum absolute atomic E-state index is 12.2. The zero-order valence-corrected chi connectivity index (χ0v) is 13.1. The Morgan fingerprint density at radius 3 is 2.83 bits per heavy atom. The molecule has 3 rings (SSSR count). The molecule has 0 bridgehead atoms. The molecule has 0 saturated carbocycles. The third kappa shape index (κ3) is 4.10. The molecule has 1 N–H and O–H groups in total. The van der Waals surface area contributed by atoms with Gasteiger partial charge in [-0.2, -0.15) is 5.10 Å². The molecule has 0 unspecified atom stereocenters. The van der Waals surface area contributed by atoms with Crippen LogP contribution in [0.3, 0.4) is 0 Å². The van der Waals surface area contributed by atoms with Crippen LogP contribution < -0.4 is 10.1 Å². The molecule has 0 radical (unpaired) electrons. The zero-order valence-electron chi connectivity index (χ0n) is 13.1. The summed E-state index contributed by atoms with van der Waals surface area (Å²) in [7, 11) is 0. The van der Waals surface area contributed by atoms with Crippen molar-refractivity contribution in [3.63, 3.8) is 0 Å². The number of anilines is 1. The number of nitrogens with one attached hydrogen (secondary N) is 1. The van der Waals surface area contributed by atoms with Crippen LogP contribution >= 0.6 is 0 Å². The summed E-state index contributed by atoms with van der Waals surface area (Å²) in [6.07, 6.45) is 4.85. The first-order valence-corrected chi connectivity index (χ1v) is 7.87. The van der Waals surface area contributed by atoms with Gasteiger partial charge in [0.2, 0.25) is 0 Å². The molecule has 0 spiro atoms. The van der Waals surface area contributed by atoms with Gasteiger partial charge in [0.25, 0.3) is 5.91 Å². The SMILES string of the molecule is C[C@@H](Oc1ccccc1)C(=O)Nc1cnn(C2CCOCC2)c1. The Labute approximate surface area is 135 Å². The number of amides is 1. The second-order valence-corrected chi connectivity index (χ2v) is 5.61. The molecule has 1 aliphatic heterocycles. The van der Waals surface area contributed by atoms with Gasteiger partial charge in [-0.15, -0.1) is 0 Å². The lowest BCUT2D eigenvalue weighted by atomic mass is 10.1. The van der Waals surface area contributed by atoms with E-state index in [1.807, 2.05) is 41.2 Å². The van der Waals surface area contributed by atoms with Crippen molar-refractivity contribution in [1.29, 1.82) is 0 Å². The van der Waals surface area contributed by atoms with Crippen LogP contribution in [0.1, 0.15) is 25.8 Å². The largest absolute Gasteiger partial charge is 0.481 e. The lowest BCUT2D eigenvalue weighted by Gasteiger charge is -2.22. The van der Waals surface area contributed by atoms with Crippen LogP contribution in [0.15, 0.2) is 42.7 Å². The van der Waals surface area contributed by atoms with E-state index in [1.165, 1.54) is 0 Å². The van der Waals surface area contributed by atoms with E-state index in [1.54, 1.807) is 13.1 Å². The number of rotatable bonds is 5. The lowest BCUT2D eigenvalue weighted by Crippen LogP contribution is -2.30. The Kier molecular flexibility index (Phi) is 4.92. The van der Waals surface area contributed by atoms with E-state index in [0.717, 1.165) is 26.1 Å². The van der Waals surface area contributed by atoms with Crippen molar-refractivity contribution in [3.8, 4) is 5.75 Å². The second-order valence-electron chi connectivity index (χ2n) is 5.61. The first kappa shape index (κ1) is 15.6. The van der Waals surface area contributed by atoms with Crippen LogP contribution in [-0.2, 0) is 9.53 Å². The fourth-order valence-corrected chi connectivity index (χ4v) is 2.55. The fourth-order valence-electron chi connectivity index (χ4n) is 2.55. The van der Waals surface area contributed by atoms with Crippen molar-refractivity contribution >= 4 is 11.6 Å². The molecule has 2 aromatic rings.